The molecule has 1 heterocycles. The zero-order chi connectivity index (χ0) is 18.7. The van der Waals surface area contributed by atoms with E-state index in [0.717, 1.165) is 21.6 Å². The number of methoxy groups -OCH3 is 3. The summed E-state index contributed by atoms with van der Waals surface area (Å²) in [5.74, 6) is 1.76. The zero-order valence-corrected chi connectivity index (χ0v) is 15.2. The highest BCUT2D eigenvalue weighted by Crippen LogP contribution is 2.45. The van der Waals surface area contributed by atoms with Gasteiger partial charge in [-0.05, 0) is 35.3 Å². The number of rotatable bonds is 6. The van der Waals surface area contributed by atoms with Crippen LogP contribution in [0.5, 0.6) is 17.2 Å². The average Bonchev–Trinajstić information content (AvgIpc) is 3.16. The quantitative estimate of drug-likeness (QED) is 0.471. The minimum Gasteiger partial charge on any atom is -0.496 e. The number of ether oxygens (including phenoxy) is 3. The smallest absolute Gasteiger partial charge is 0.269 e. The summed E-state index contributed by atoms with van der Waals surface area (Å²) in [7, 11) is 4.71. The molecule has 0 radical (unpaired) electrons. The van der Waals surface area contributed by atoms with Crippen LogP contribution >= 0.6 is 11.5 Å². The van der Waals surface area contributed by atoms with Gasteiger partial charge in [0.1, 0.15) is 5.75 Å². The second kappa shape index (κ2) is 7.40. The average molecular weight is 372 g/mol. The normalized spacial score (nSPS) is 10.4. The van der Waals surface area contributed by atoms with Crippen LogP contribution in [-0.4, -0.2) is 30.6 Å². The van der Waals surface area contributed by atoms with Crippen molar-refractivity contribution in [2.45, 2.75) is 0 Å². The summed E-state index contributed by atoms with van der Waals surface area (Å²) in [6.45, 7) is 0. The number of nitrogens with zero attached hydrogens (tertiary/aromatic N) is 2. The highest BCUT2D eigenvalue weighted by Gasteiger charge is 2.19. The van der Waals surface area contributed by atoms with E-state index >= 15 is 0 Å². The summed E-state index contributed by atoms with van der Waals surface area (Å²) < 4.78 is 20.5. The standard InChI is InChI=1S/C18H16N2O5S/c1-23-15-9-17(25-3)16(24-2)8-13(15)18-14(10-19-26-18)11-4-6-12(7-5-11)20(21)22/h4-10H,1-3H3. The Labute approximate surface area is 154 Å². The highest BCUT2D eigenvalue weighted by molar-refractivity contribution is 7.10. The molecular formula is C18H16N2O5S. The second-order valence-corrected chi connectivity index (χ2v) is 6.08. The lowest BCUT2D eigenvalue weighted by Crippen LogP contribution is -1.94. The number of hydrogen-bond donors (Lipinski definition) is 0. The third kappa shape index (κ3) is 3.18. The van der Waals surface area contributed by atoms with Gasteiger partial charge in [0.15, 0.2) is 11.5 Å². The molecule has 0 atom stereocenters. The van der Waals surface area contributed by atoms with Crippen LogP contribution in [0.2, 0.25) is 0 Å². The Kier molecular flexibility index (Phi) is 5.04. The number of non-ortho nitro benzene ring substituents is 1. The van der Waals surface area contributed by atoms with Crippen molar-refractivity contribution in [3.63, 3.8) is 0 Å². The topological polar surface area (TPSA) is 83.7 Å². The molecule has 0 spiro atoms. The first-order chi connectivity index (χ1) is 12.6. The van der Waals surface area contributed by atoms with Gasteiger partial charge in [0.2, 0.25) is 0 Å². The summed E-state index contributed by atoms with van der Waals surface area (Å²) in [6, 6.07) is 9.95. The first-order valence-corrected chi connectivity index (χ1v) is 8.36. The van der Waals surface area contributed by atoms with Gasteiger partial charge in [0.25, 0.3) is 5.69 Å². The molecule has 3 rings (SSSR count). The molecule has 0 N–H and O–H groups in total. The molecule has 1 aromatic heterocycles. The molecule has 3 aromatic rings. The fourth-order valence-electron chi connectivity index (χ4n) is 2.61. The Balaban J connectivity index is 2.12. The van der Waals surface area contributed by atoms with Crippen LogP contribution < -0.4 is 14.2 Å². The second-order valence-electron chi connectivity index (χ2n) is 5.28. The van der Waals surface area contributed by atoms with E-state index in [9.17, 15) is 10.1 Å². The van der Waals surface area contributed by atoms with Gasteiger partial charge in [-0.1, -0.05) is 0 Å². The van der Waals surface area contributed by atoms with Gasteiger partial charge in [-0.25, -0.2) is 0 Å². The van der Waals surface area contributed by atoms with Crippen LogP contribution in [0.15, 0.2) is 42.6 Å². The number of nitro benzene ring substituents is 1. The summed E-state index contributed by atoms with van der Waals surface area (Å²) in [5, 5.41) is 10.9. The van der Waals surface area contributed by atoms with Crippen molar-refractivity contribution in [2.75, 3.05) is 21.3 Å². The molecule has 0 unspecified atom stereocenters. The van der Waals surface area contributed by atoms with Crippen LogP contribution in [0.3, 0.4) is 0 Å². The summed E-state index contributed by atoms with van der Waals surface area (Å²) in [4.78, 5) is 11.3. The van der Waals surface area contributed by atoms with E-state index in [1.54, 1.807) is 45.7 Å². The molecule has 0 fully saturated rings. The molecule has 0 saturated heterocycles. The van der Waals surface area contributed by atoms with Gasteiger partial charge in [-0.2, -0.15) is 4.37 Å². The molecule has 26 heavy (non-hydrogen) atoms. The fraction of sp³-hybridized carbons (Fsp3) is 0.167. The Hall–Kier alpha value is -3.13. The first-order valence-electron chi connectivity index (χ1n) is 7.59. The van der Waals surface area contributed by atoms with E-state index in [4.69, 9.17) is 14.2 Å². The summed E-state index contributed by atoms with van der Waals surface area (Å²) in [6.07, 6.45) is 1.73. The van der Waals surface area contributed by atoms with E-state index in [1.165, 1.54) is 23.7 Å². The largest absolute Gasteiger partial charge is 0.496 e. The fourth-order valence-corrected chi connectivity index (χ4v) is 3.40. The SMILES string of the molecule is COc1cc(OC)c(-c2sncc2-c2ccc([N+](=O)[O-])cc2)cc1OC. The van der Waals surface area contributed by atoms with Crippen molar-refractivity contribution in [2.24, 2.45) is 0 Å². The third-order valence-electron chi connectivity index (χ3n) is 3.91. The summed E-state index contributed by atoms with van der Waals surface area (Å²) >= 11 is 1.31. The minimum absolute atomic E-state index is 0.0437. The van der Waals surface area contributed by atoms with Crippen LogP contribution in [0.1, 0.15) is 0 Å². The minimum atomic E-state index is -0.423. The maximum atomic E-state index is 10.9. The van der Waals surface area contributed by atoms with E-state index in [0.29, 0.717) is 17.2 Å². The lowest BCUT2D eigenvalue weighted by atomic mass is 10.0. The molecule has 134 valence electrons. The Morgan fingerprint density at radius 2 is 1.54 bits per heavy atom. The Morgan fingerprint density at radius 1 is 0.923 bits per heavy atom. The third-order valence-corrected chi connectivity index (χ3v) is 4.74. The van der Waals surface area contributed by atoms with E-state index in [2.05, 4.69) is 4.37 Å². The predicted molar refractivity (Wildman–Crippen MR) is 99.3 cm³/mol. The molecule has 0 amide bonds. The number of benzene rings is 2. The molecular weight excluding hydrogens is 356 g/mol. The summed E-state index contributed by atoms with van der Waals surface area (Å²) in [5.41, 5.74) is 2.54. The lowest BCUT2D eigenvalue weighted by molar-refractivity contribution is -0.384. The van der Waals surface area contributed by atoms with Crippen LogP contribution in [0.25, 0.3) is 21.6 Å². The van der Waals surface area contributed by atoms with Gasteiger partial charge in [0, 0.05) is 35.5 Å². The van der Waals surface area contributed by atoms with Crippen molar-refractivity contribution in [3.05, 3.63) is 52.7 Å². The Morgan fingerprint density at radius 3 is 2.12 bits per heavy atom. The highest BCUT2D eigenvalue weighted by atomic mass is 32.1. The zero-order valence-electron chi connectivity index (χ0n) is 14.4. The molecule has 2 aromatic carbocycles. The van der Waals surface area contributed by atoms with Crippen LogP contribution in [0.4, 0.5) is 5.69 Å². The van der Waals surface area contributed by atoms with Gasteiger partial charge >= 0.3 is 0 Å². The molecule has 7 nitrogen and oxygen atoms in total. The van der Waals surface area contributed by atoms with E-state index < -0.39 is 4.92 Å². The van der Waals surface area contributed by atoms with Gasteiger partial charge in [-0.3, -0.25) is 10.1 Å². The lowest BCUT2D eigenvalue weighted by Gasteiger charge is -2.14. The number of aromatic nitrogens is 1. The van der Waals surface area contributed by atoms with E-state index in [-0.39, 0.29) is 5.69 Å². The number of nitro groups is 1. The first kappa shape index (κ1) is 17.7. The van der Waals surface area contributed by atoms with Gasteiger partial charge in [0.05, 0.1) is 31.1 Å². The van der Waals surface area contributed by atoms with Gasteiger partial charge in [-0.15, -0.1) is 0 Å². The molecule has 0 aliphatic rings. The monoisotopic (exact) mass is 372 g/mol. The van der Waals surface area contributed by atoms with Crippen LogP contribution in [0, 0.1) is 10.1 Å². The van der Waals surface area contributed by atoms with Crippen molar-refractivity contribution < 1.29 is 19.1 Å². The van der Waals surface area contributed by atoms with Crippen molar-refractivity contribution in [1.82, 2.24) is 4.37 Å². The van der Waals surface area contributed by atoms with Gasteiger partial charge < -0.3 is 14.2 Å². The van der Waals surface area contributed by atoms with E-state index in [1.807, 2.05) is 6.07 Å². The van der Waals surface area contributed by atoms with Crippen molar-refractivity contribution >= 4 is 17.2 Å². The molecule has 0 aliphatic carbocycles. The maximum Gasteiger partial charge on any atom is 0.269 e. The molecule has 0 saturated carbocycles. The Bertz CT molecular complexity index is 937. The van der Waals surface area contributed by atoms with Crippen molar-refractivity contribution in [1.29, 1.82) is 0 Å². The molecule has 0 aliphatic heterocycles. The number of hydrogen-bond acceptors (Lipinski definition) is 7. The molecule has 8 heteroatoms. The van der Waals surface area contributed by atoms with Crippen LogP contribution in [-0.2, 0) is 0 Å². The van der Waals surface area contributed by atoms with Crippen molar-refractivity contribution in [3.8, 4) is 38.8 Å². The molecule has 0 bridgehead atoms. The maximum absolute atomic E-state index is 10.9. The predicted octanol–water partition coefficient (Wildman–Crippen LogP) is 4.41.